The summed E-state index contributed by atoms with van der Waals surface area (Å²) in [6.45, 7) is 7.11. The average Bonchev–Trinajstić information content (AvgIpc) is 3.05. The summed E-state index contributed by atoms with van der Waals surface area (Å²) in [4.78, 5) is 23.6. The minimum absolute atomic E-state index is 0.218. The number of furan rings is 1. The van der Waals surface area contributed by atoms with Crippen LogP contribution in [0.5, 0.6) is 0 Å². The summed E-state index contributed by atoms with van der Waals surface area (Å²) < 4.78 is 10.5. The Kier molecular flexibility index (Phi) is 5.09. The van der Waals surface area contributed by atoms with Gasteiger partial charge in [-0.05, 0) is 39.8 Å². The zero-order valence-corrected chi connectivity index (χ0v) is 14.1. The van der Waals surface area contributed by atoms with Gasteiger partial charge in [0.15, 0.2) is 5.76 Å². The summed E-state index contributed by atoms with van der Waals surface area (Å²) in [5, 5.41) is 12.2. The van der Waals surface area contributed by atoms with Crippen molar-refractivity contribution in [3.63, 3.8) is 0 Å². The second kappa shape index (κ2) is 6.86. The molecule has 2 heterocycles. The second-order valence-corrected chi connectivity index (χ2v) is 7.10. The van der Waals surface area contributed by atoms with Crippen LogP contribution in [0.1, 0.15) is 27.7 Å². The number of amides is 3. The maximum Gasteiger partial charge on any atom is 0.321 e. The molecule has 2 N–H and O–H groups in total. The van der Waals surface area contributed by atoms with Gasteiger partial charge in [0.2, 0.25) is 5.91 Å². The van der Waals surface area contributed by atoms with E-state index in [9.17, 15) is 9.59 Å². The van der Waals surface area contributed by atoms with Crippen LogP contribution < -0.4 is 10.6 Å². The lowest BCUT2D eigenvalue weighted by molar-refractivity contribution is -0.119. The molecule has 0 aliphatic rings. The number of imide groups is 1. The highest BCUT2D eigenvalue weighted by Gasteiger charge is 2.22. The van der Waals surface area contributed by atoms with E-state index in [2.05, 4.69) is 20.8 Å². The van der Waals surface area contributed by atoms with E-state index in [1.165, 1.54) is 6.26 Å². The van der Waals surface area contributed by atoms with E-state index in [1.54, 1.807) is 19.1 Å². The van der Waals surface area contributed by atoms with Crippen LogP contribution in [0.25, 0.3) is 11.7 Å². The maximum absolute atomic E-state index is 12.0. The monoisotopic (exact) mass is 338 g/mol. The molecule has 2 aromatic rings. The fourth-order valence-corrected chi connectivity index (χ4v) is 2.23. The number of nitrogens with one attached hydrogen (secondary N) is 2. The summed E-state index contributed by atoms with van der Waals surface area (Å²) in [6.07, 6.45) is 1.50. The zero-order chi connectivity index (χ0) is 17.0. The first-order valence-electron chi connectivity index (χ1n) is 6.91. The molecule has 1 unspecified atom stereocenters. The molecule has 0 bridgehead atoms. The molecule has 124 valence electrons. The van der Waals surface area contributed by atoms with Crippen molar-refractivity contribution < 1.29 is 18.4 Å². The van der Waals surface area contributed by atoms with Crippen LogP contribution in [0.15, 0.2) is 32.5 Å². The van der Waals surface area contributed by atoms with Gasteiger partial charge in [0.25, 0.3) is 11.1 Å². The fraction of sp³-hybridized carbons (Fsp3) is 0.429. The molecule has 1 atom stereocenters. The van der Waals surface area contributed by atoms with Crippen LogP contribution in [-0.4, -0.2) is 32.9 Å². The number of carbonyl (C=O) groups is 2. The summed E-state index contributed by atoms with van der Waals surface area (Å²) in [7, 11) is 0. The van der Waals surface area contributed by atoms with Crippen LogP contribution in [0.3, 0.4) is 0 Å². The topological polar surface area (TPSA) is 110 Å². The number of urea groups is 1. The van der Waals surface area contributed by atoms with Gasteiger partial charge in [-0.15, -0.1) is 10.2 Å². The lowest BCUT2D eigenvalue weighted by Gasteiger charge is -2.20. The quantitative estimate of drug-likeness (QED) is 0.824. The normalized spacial score (nSPS) is 12.7. The number of nitrogens with zero attached hydrogens (tertiary/aromatic N) is 2. The molecule has 23 heavy (non-hydrogen) atoms. The Morgan fingerprint density at radius 2 is 2.04 bits per heavy atom. The van der Waals surface area contributed by atoms with Gasteiger partial charge in [-0.1, -0.05) is 11.8 Å². The number of aromatic nitrogens is 2. The summed E-state index contributed by atoms with van der Waals surface area (Å²) in [6, 6.07) is 2.85. The number of hydrogen-bond donors (Lipinski definition) is 2. The smallest absolute Gasteiger partial charge is 0.321 e. The van der Waals surface area contributed by atoms with Crippen LogP contribution >= 0.6 is 11.8 Å². The van der Waals surface area contributed by atoms with E-state index in [0.29, 0.717) is 5.76 Å². The van der Waals surface area contributed by atoms with Gasteiger partial charge >= 0.3 is 6.03 Å². The van der Waals surface area contributed by atoms with Gasteiger partial charge in [-0.25, -0.2) is 4.79 Å². The van der Waals surface area contributed by atoms with E-state index < -0.39 is 22.7 Å². The van der Waals surface area contributed by atoms with Crippen molar-refractivity contribution in [3.8, 4) is 11.7 Å². The first-order chi connectivity index (χ1) is 10.7. The van der Waals surface area contributed by atoms with Gasteiger partial charge < -0.3 is 14.2 Å². The molecule has 2 rings (SSSR count). The largest absolute Gasteiger partial charge is 0.459 e. The third-order valence-electron chi connectivity index (χ3n) is 2.51. The number of hydrogen-bond acceptors (Lipinski definition) is 7. The molecule has 3 amide bonds. The van der Waals surface area contributed by atoms with Gasteiger partial charge in [0.05, 0.1) is 11.5 Å². The fourth-order valence-electron chi connectivity index (χ4n) is 1.55. The highest BCUT2D eigenvalue weighted by molar-refractivity contribution is 8.00. The molecule has 9 heteroatoms. The Balaban J connectivity index is 1.90. The molecule has 0 radical (unpaired) electrons. The Bertz CT molecular complexity index is 675. The van der Waals surface area contributed by atoms with Crippen molar-refractivity contribution in [2.75, 3.05) is 0 Å². The van der Waals surface area contributed by atoms with Crippen molar-refractivity contribution in [2.45, 2.75) is 43.7 Å². The van der Waals surface area contributed by atoms with Gasteiger partial charge in [0, 0.05) is 5.54 Å². The predicted octanol–water partition coefficient (Wildman–Crippen LogP) is 2.43. The van der Waals surface area contributed by atoms with Crippen molar-refractivity contribution in [1.82, 2.24) is 20.8 Å². The van der Waals surface area contributed by atoms with E-state index in [1.807, 2.05) is 20.8 Å². The molecular formula is C14H18N4O4S. The third-order valence-corrected chi connectivity index (χ3v) is 3.44. The van der Waals surface area contributed by atoms with Crippen LogP contribution in [0.4, 0.5) is 4.79 Å². The first-order valence-corrected chi connectivity index (χ1v) is 7.79. The molecule has 2 aromatic heterocycles. The van der Waals surface area contributed by atoms with Gasteiger partial charge in [0.1, 0.15) is 0 Å². The number of rotatable bonds is 4. The molecule has 0 aliphatic carbocycles. The molecular weight excluding hydrogens is 320 g/mol. The van der Waals surface area contributed by atoms with Crippen LogP contribution in [-0.2, 0) is 4.79 Å². The Morgan fingerprint density at radius 3 is 2.65 bits per heavy atom. The van der Waals surface area contributed by atoms with Gasteiger partial charge in [-0.3, -0.25) is 10.1 Å². The minimum Gasteiger partial charge on any atom is -0.459 e. The Hall–Kier alpha value is -2.29. The van der Waals surface area contributed by atoms with E-state index in [-0.39, 0.29) is 11.1 Å². The van der Waals surface area contributed by atoms with Crippen molar-refractivity contribution in [2.24, 2.45) is 0 Å². The standard InChI is InChI=1S/C14H18N4O4S/c1-8(10(19)15-12(20)16-14(2,3)4)23-13-18-17-11(22-13)9-6-5-7-21-9/h5-8H,1-4H3,(H2,15,16,19,20). The zero-order valence-electron chi connectivity index (χ0n) is 13.2. The minimum atomic E-state index is -0.578. The van der Waals surface area contributed by atoms with Crippen LogP contribution in [0, 0.1) is 0 Å². The number of carbonyl (C=O) groups excluding carboxylic acids is 2. The van der Waals surface area contributed by atoms with Gasteiger partial charge in [-0.2, -0.15) is 0 Å². The highest BCUT2D eigenvalue weighted by atomic mass is 32.2. The highest BCUT2D eigenvalue weighted by Crippen LogP contribution is 2.26. The summed E-state index contributed by atoms with van der Waals surface area (Å²) >= 11 is 1.06. The average molecular weight is 338 g/mol. The summed E-state index contributed by atoms with van der Waals surface area (Å²) in [5.41, 5.74) is -0.425. The van der Waals surface area contributed by atoms with Crippen molar-refractivity contribution >= 4 is 23.7 Å². The predicted molar refractivity (Wildman–Crippen MR) is 83.7 cm³/mol. The second-order valence-electron chi connectivity index (χ2n) is 5.80. The first kappa shape index (κ1) is 17.1. The molecule has 0 fully saturated rings. The van der Waals surface area contributed by atoms with Crippen molar-refractivity contribution in [1.29, 1.82) is 0 Å². The van der Waals surface area contributed by atoms with Crippen LogP contribution in [0.2, 0.25) is 0 Å². The molecule has 0 saturated heterocycles. The molecule has 0 spiro atoms. The lowest BCUT2D eigenvalue weighted by Crippen LogP contribution is -2.49. The number of thioether (sulfide) groups is 1. The molecule has 8 nitrogen and oxygen atoms in total. The van der Waals surface area contributed by atoms with Crippen molar-refractivity contribution in [3.05, 3.63) is 18.4 Å². The molecule has 0 saturated carbocycles. The molecule has 0 aliphatic heterocycles. The van der Waals surface area contributed by atoms with E-state index >= 15 is 0 Å². The third kappa shape index (κ3) is 5.13. The van der Waals surface area contributed by atoms with E-state index in [0.717, 1.165) is 11.8 Å². The molecule has 0 aromatic carbocycles. The Labute approximate surface area is 137 Å². The maximum atomic E-state index is 12.0. The van der Waals surface area contributed by atoms with E-state index in [4.69, 9.17) is 8.83 Å². The Morgan fingerprint density at radius 1 is 1.30 bits per heavy atom. The lowest BCUT2D eigenvalue weighted by atomic mass is 10.1. The summed E-state index contributed by atoms with van der Waals surface area (Å²) in [5.74, 6) is 0.232. The SMILES string of the molecule is CC(Sc1nnc(-c2ccco2)o1)C(=O)NC(=O)NC(C)(C)C.